The summed E-state index contributed by atoms with van der Waals surface area (Å²) in [6.07, 6.45) is 2.52. The predicted molar refractivity (Wildman–Crippen MR) is 96.3 cm³/mol. The molecule has 6 nitrogen and oxygen atoms in total. The molecule has 1 unspecified atom stereocenters. The molecule has 1 heterocycles. The molecule has 1 aliphatic rings. The Labute approximate surface area is 144 Å². The molecule has 0 radical (unpaired) electrons. The van der Waals surface area contributed by atoms with E-state index in [2.05, 4.69) is 27.4 Å². The lowest BCUT2D eigenvalue weighted by atomic mass is 10.1. The van der Waals surface area contributed by atoms with Crippen molar-refractivity contribution in [1.82, 2.24) is 15.5 Å². The lowest BCUT2D eigenvalue weighted by Crippen LogP contribution is -2.44. The Balaban J connectivity index is 1.80. The van der Waals surface area contributed by atoms with Crippen LogP contribution in [0.15, 0.2) is 29.3 Å². The number of hydrogen-bond acceptors (Lipinski definition) is 4. The number of benzene rings is 1. The van der Waals surface area contributed by atoms with Crippen molar-refractivity contribution in [3.8, 4) is 0 Å². The fourth-order valence-corrected chi connectivity index (χ4v) is 3.04. The summed E-state index contributed by atoms with van der Waals surface area (Å²) < 4.78 is 4.70. The summed E-state index contributed by atoms with van der Waals surface area (Å²) in [5, 5.41) is 6.72. The van der Waals surface area contributed by atoms with Crippen LogP contribution in [-0.2, 0) is 11.3 Å². The number of carbonyl (C=O) groups excluding carboxylic acids is 1. The Morgan fingerprint density at radius 1 is 1.33 bits per heavy atom. The van der Waals surface area contributed by atoms with E-state index in [9.17, 15) is 4.79 Å². The number of guanidine groups is 1. The van der Waals surface area contributed by atoms with Crippen LogP contribution in [0.5, 0.6) is 0 Å². The van der Waals surface area contributed by atoms with Gasteiger partial charge in [0.25, 0.3) is 0 Å². The molecule has 1 atom stereocenters. The van der Waals surface area contributed by atoms with Crippen molar-refractivity contribution in [1.29, 1.82) is 0 Å². The molecule has 24 heavy (non-hydrogen) atoms. The Bertz CT molecular complexity index is 557. The van der Waals surface area contributed by atoms with Gasteiger partial charge in [0.15, 0.2) is 5.96 Å². The van der Waals surface area contributed by atoms with Crippen LogP contribution in [-0.4, -0.2) is 56.7 Å². The monoisotopic (exact) mass is 332 g/mol. The third kappa shape index (κ3) is 4.96. The molecule has 1 saturated heterocycles. The Morgan fingerprint density at radius 2 is 2.08 bits per heavy atom. The highest BCUT2D eigenvalue weighted by molar-refractivity contribution is 5.89. The maximum atomic E-state index is 11.4. The first-order chi connectivity index (χ1) is 11.7. The van der Waals surface area contributed by atoms with Gasteiger partial charge in [0.1, 0.15) is 0 Å². The van der Waals surface area contributed by atoms with Crippen LogP contribution in [0.25, 0.3) is 0 Å². The minimum atomic E-state index is -0.316. The van der Waals surface area contributed by atoms with Gasteiger partial charge in [0, 0.05) is 26.2 Å². The zero-order valence-electron chi connectivity index (χ0n) is 14.8. The summed E-state index contributed by atoms with van der Waals surface area (Å²) in [6.45, 7) is 6.08. The summed E-state index contributed by atoms with van der Waals surface area (Å²) in [5.41, 5.74) is 1.64. The summed E-state index contributed by atoms with van der Waals surface area (Å²) >= 11 is 0. The van der Waals surface area contributed by atoms with Gasteiger partial charge in [-0.1, -0.05) is 19.1 Å². The van der Waals surface area contributed by atoms with Gasteiger partial charge in [0.2, 0.25) is 0 Å². The van der Waals surface area contributed by atoms with Gasteiger partial charge >= 0.3 is 5.97 Å². The fourth-order valence-electron chi connectivity index (χ4n) is 3.04. The highest BCUT2D eigenvalue weighted by Gasteiger charge is 2.22. The molecular weight excluding hydrogens is 304 g/mol. The topological polar surface area (TPSA) is 66.0 Å². The Kier molecular flexibility index (Phi) is 7.06. The van der Waals surface area contributed by atoms with Crippen LogP contribution in [0.2, 0.25) is 0 Å². The Morgan fingerprint density at radius 3 is 2.71 bits per heavy atom. The highest BCUT2D eigenvalue weighted by Crippen LogP contribution is 2.15. The van der Waals surface area contributed by atoms with Crippen molar-refractivity contribution < 1.29 is 9.53 Å². The molecule has 0 aliphatic carbocycles. The van der Waals surface area contributed by atoms with Crippen LogP contribution < -0.4 is 10.6 Å². The molecule has 0 amide bonds. The normalized spacial score (nSPS) is 18.5. The first-order valence-corrected chi connectivity index (χ1v) is 8.53. The molecule has 2 N–H and O–H groups in total. The van der Waals surface area contributed by atoms with Gasteiger partial charge in [-0.15, -0.1) is 0 Å². The first-order valence-electron chi connectivity index (χ1n) is 8.53. The number of likely N-dealkylation sites (N-methyl/N-ethyl adjacent to an activating group) is 1. The van der Waals surface area contributed by atoms with Gasteiger partial charge in [-0.05, 0) is 43.6 Å². The summed E-state index contributed by atoms with van der Waals surface area (Å²) in [7, 11) is 3.17. The van der Waals surface area contributed by atoms with Crippen LogP contribution in [0.1, 0.15) is 35.7 Å². The SMILES string of the molecule is CCN1CCCC1CNC(=NC)NCc1ccc(C(=O)OC)cc1. The van der Waals surface area contributed by atoms with E-state index in [1.54, 1.807) is 19.2 Å². The maximum Gasteiger partial charge on any atom is 0.337 e. The second-order valence-electron chi connectivity index (χ2n) is 5.92. The number of ether oxygens (including phenoxy) is 1. The number of likely N-dealkylation sites (tertiary alicyclic amines) is 1. The summed E-state index contributed by atoms with van der Waals surface area (Å²) in [5.74, 6) is 0.485. The quantitative estimate of drug-likeness (QED) is 0.471. The van der Waals surface area contributed by atoms with Gasteiger partial charge in [-0.2, -0.15) is 0 Å². The number of carbonyl (C=O) groups is 1. The van der Waals surface area contributed by atoms with E-state index < -0.39 is 0 Å². The minimum Gasteiger partial charge on any atom is -0.465 e. The fraction of sp³-hybridized carbons (Fsp3) is 0.556. The van der Waals surface area contributed by atoms with Crippen LogP contribution in [0, 0.1) is 0 Å². The molecule has 1 aromatic carbocycles. The van der Waals surface area contributed by atoms with E-state index in [0.717, 1.165) is 24.6 Å². The van der Waals surface area contributed by atoms with E-state index in [1.807, 2.05) is 12.1 Å². The van der Waals surface area contributed by atoms with E-state index >= 15 is 0 Å². The highest BCUT2D eigenvalue weighted by atomic mass is 16.5. The molecule has 0 spiro atoms. The van der Waals surface area contributed by atoms with Crippen LogP contribution in [0.4, 0.5) is 0 Å². The van der Waals surface area contributed by atoms with Crippen LogP contribution >= 0.6 is 0 Å². The number of esters is 1. The smallest absolute Gasteiger partial charge is 0.337 e. The first kappa shape index (κ1) is 18.3. The van der Waals surface area contributed by atoms with Crippen molar-refractivity contribution >= 4 is 11.9 Å². The average Bonchev–Trinajstić information content (AvgIpc) is 3.09. The van der Waals surface area contributed by atoms with E-state index in [4.69, 9.17) is 4.74 Å². The van der Waals surface area contributed by atoms with Gasteiger partial charge in [-0.3, -0.25) is 9.89 Å². The number of nitrogens with one attached hydrogen (secondary N) is 2. The van der Waals surface area contributed by atoms with Crippen molar-refractivity contribution in [2.45, 2.75) is 32.4 Å². The maximum absolute atomic E-state index is 11.4. The third-order valence-corrected chi connectivity index (χ3v) is 4.47. The molecule has 132 valence electrons. The van der Waals surface area contributed by atoms with Crippen molar-refractivity contribution in [3.63, 3.8) is 0 Å². The minimum absolute atomic E-state index is 0.316. The molecule has 6 heteroatoms. The summed E-state index contributed by atoms with van der Waals surface area (Å²) in [4.78, 5) is 18.2. The lowest BCUT2D eigenvalue weighted by molar-refractivity contribution is 0.0600. The van der Waals surface area contributed by atoms with Gasteiger partial charge in [-0.25, -0.2) is 4.79 Å². The second kappa shape index (κ2) is 9.27. The number of methoxy groups -OCH3 is 1. The average molecular weight is 332 g/mol. The number of aliphatic imine (C=N–C) groups is 1. The molecule has 2 rings (SSSR count). The molecule has 0 saturated carbocycles. The zero-order chi connectivity index (χ0) is 17.4. The summed E-state index contributed by atoms with van der Waals surface area (Å²) in [6, 6.07) is 7.98. The number of nitrogens with zero attached hydrogens (tertiary/aromatic N) is 2. The predicted octanol–water partition coefficient (Wildman–Crippen LogP) is 1.62. The number of hydrogen-bond donors (Lipinski definition) is 2. The molecular formula is C18H28N4O2. The standard InChI is InChI=1S/C18H28N4O2/c1-4-22-11-5-6-16(22)13-21-18(19-2)20-12-14-7-9-15(10-8-14)17(23)24-3/h7-10,16H,4-6,11-13H2,1-3H3,(H2,19,20,21). The molecule has 0 aromatic heterocycles. The zero-order valence-corrected chi connectivity index (χ0v) is 14.8. The molecule has 1 aliphatic heterocycles. The molecule has 1 fully saturated rings. The molecule has 1 aromatic rings. The van der Waals surface area contributed by atoms with Gasteiger partial charge < -0.3 is 15.4 Å². The Hall–Kier alpha value is -2.08. The lowest BCUT2D eigenvalue weighted by Gasteiger charge is -2.24. The largest absolute Gasteiger partial charge is 0.465 e. The molecule has 0 bridgehead atoms. The van der Waals surface area contributed by atoms with E-state index in [1.165, 1.54) is 26.5 Å². The number of rotatable bonds is 6. The van der Waals surface area contributed by atoms with Gasteiger partial charge in [0.05, 0.1) is 12.7 Å². The third-order valence-electron chi connectivity index (χ3n) is 4.47. The van der Waals surface area contributed by atoms with Crippen molar-refractivity contribution in [2.75, 3.05) is 33.8 Å². The van der Waals surface area contributed by atoms with Crippen molar-refractivity contribution in [3.05, 3.63) is 35.4 Å². The van der Waals surface area contributed by atoms with E-state index in [0.29, 0.717) is 18.2 Å². The van der Waals surface area contributed by atoms with Crippen molar-refractivity contribution in [2.24, 2.45) is 4.99 Å². The van der Waals surface area contributed by atoms with E-state index in [-0.39, 0.29) is 5.97 Å². The second-order valence-corrected chi connectivity index (χ2v) is 5.92. The van der Waals surface area contributed by atoms with Crippen LogP contribution in [0.3, 0.4) is 0 Å².